The fraction of sp³-hybridized carbons (Fsp3) is 0.409. The van der Waals surface area contributed by atoms with Crippen molar-refractivity contribution in [1.82, 2.24) is 0 Å². The van der Waals surface area contributed by atoms with Crippen LogP contribution < -0.4 is 18.9 Å². The van der Waals surface area contributed by atoms with Crippen LogP contribution in [0.4, 0.5) is 35.1 Å². The average molecular weight is 887 g/mol. The van der Waals surface area contributed by atoms with Gasteiger partial charge in [-0.25, -0.2) is 18.4 Å². The Labute approximate surface area is 352 Å². The number of hydrogen-bond donors (Lipinski definition) is 0. The van der Waals surface area contributed by atoms with Gasteiger partial charge in [-0.3, -0.25) is 9.59 Å². The van der Waals surface area contributed by atoms with Gasteiger partial charge in [0, 0.05) is 24.6 Å². The van der Waals surface area contributed by atoms with E-state index in [2.05, 4.69) is 13.2 Å². The molecule has 0 fully saturated rings. The van der Waals surface area contributed by atoms with Gasteiger partial charge in [0.1, 0.15) is 34.2 Å². The first-order valence-electron chi connectivity index (χ1n) is 19.6. The number of hydrogen-bond acceptors (Lipinski definition) is 10. The second-order valence-corrected chi connectivity index (χ2v) is 13.5. The van der Waals surface area contributed by atoms with Crippen molar-refractivity contribution in [3.63, 3.8) is 0 Å². The molecule has 10 nitrogen and oxygen atoms in total. The van der Waals surface area contributed by atoms with Crippen molar-refractivity contribution in [2.24, 2.45) is 0 Å². The lowest BCUT2D eigenvalue weighted by atomic mass is 10.0. The molecule has 3 rings (SSSR count). The number of alkyl halides is 6. The third-order valence-electron chi connectivity index (χ3n) is 8.81. The molecule has 62 heavy (non-hydrogen) atoms. The summed E-state index contributed by atoms with van der Waals surface area (Å²) in [4.78, 5) is 47.2. The summed E-state index contributed by atoms with van der Waals surface area (Å²) >= 11 is 0. The van der Waals surface area contributed by atoms with Gasteiger partial charge in [0.05, 0.1) is 32.8 Å². The Morgan fingerprint density at radius 3 is 1.47 bits per heavy atom. The third-order valence-corrected chi connectivity index (χ3v) is 8.81. The normalized spacial score (nSPS) is 11.4. The molecular weight excluding hydrogens is 840 g/mol. The minimum absolute atomic E-state index is 0.0463. The van der Waals surface area contributed by atoms with E-state index in [1.165, 1.54) is 24.3 Å². The fourth-order valence-electron chi connectivity index (χ4n) is 5.72. The molecule has 338 valence electrons. The molecule has 0 amide bonds. The van der Waals surface area contributed by atoms with Crippen LogP contribution in [0.5, 0.6) is 23.0 Å². The van der Waals surface area contributed by atoms with Gasteiger partial charge in [-0.1, -0.05) is 25.3 Å². The van der Waals surface area contributed by atoms with Gasteiger partial charge in [-0.05, 0) is 106 Å². The van der Waals surface area contributed by atoms with E-state index in [0.717, 1.165) is 43.5 Å². The highest BCUT2D eigenvalue weighted by Crippen LogP contribution is 2.49. The van der Waals surface area contributed by atoms with E-state index in [0.29, 0.717) is 44.2 Å². The van der Waals surface area contributed by atoms with Gasteiger partial charge >= 0.3 is 36.2 Å². The largest absolute Gasteiger partial charge is 0.493 e. The van der Waals surface area contributed by atoms with Gasteiger partial charge in [0.15, 0.2) is 11.6 Å². The Bertz CT molecular complexity index is 1990. The topological polar surface area (TPSA) is 124 Å². The molecule has 0 aliphatic rings. The molecule has 0 unspecified atom stereocenters. The van der Waals surface area contributed by atoms with Crippen LogP contribution >= 0.6 is 0 Å². The van der Waals surface area contributed by atoms with Gasteiger partial charge in [0.25, 0.3) is 0 Å². The molecule has 18 heteroatoms. The molecule has 0 heterocycles. The van der Waals surface area contributed by atoms with Crippen LogP contribution in [0.25, 0.3) is 0 Å². The third kappa shape index (κ3) is 17.6. The quantitative estimate of drug-likeness (QED) is 0.0253. The lowest BCUT2D eigenvalue weighted by Crippen LogP contribution is -2.22. The molecular formula is C44H46F8O10. The number of halogens is 8. The van der Waals surface area contributed by atoms with Crippen molar-refractivity contribution in [3.8, 4) is 23.0 Å². The molecule has 0 spiro atoms. The summed E-state index contributed by atoms with van der Waals surface area (Å²) in [6.07, 6.45) is -6.04. The predicted octanol–water partition coefficient (Wildman–Crippen LogP) is 10.4. The van der Waals surface area contributed by atoms with E-state index in [1.54, 1.807) is 0 Å². The van der Waals surface area contributed by atoms with Crippen molar-refractivity contribution in [2.75, 3.05) is 26.4 Å². The minimum atomic E-state index is -5.76. The number of unbranched alkanes of at least 4 members (excludes halogenated alkanes) is 6. The Hall–Kier alpha value is -5.94. The van der Waals surface area contributed by atoms with Crippen molar-refractivity contribution < 1.29 is 82.7 Å². The molecule has 0 bridgehead atoms. The second-order valence-electron chi connectivity index (χ2n) is 13.5. The summed E-state index contributed by atoms with van der Waals surface area (Å²) < 4.78 is 145. The van der Waals surface area contributed by atoms with E-state index < -0.39 is 83.3 Å². The monoisotopic (exact) mass is 886 g/mol. The molecule has 3 aromatic carbocycles. The predicted molar refractivity (Wildman–Crippen MR) is 207 cm³/mol. The highest BCUT2D eigenvalue weighted by molar-refractivity contribution is 5.81. The second kappa shape index (κ2) is 25.1. The van der Waals surface area contributed by atoms with Gasteiger partial charge < -0.3 is 28.4 Å². The van der Waals surface area contributed by atoms with E-state index in [-0.39, 0.29) is 61.9 Å². The lowest BCUT2D eigenvalue weighted by molar-refractivity contribution is -0.165. The van der Waals surface area contributed by atoms with Crippen LogP contribution in [-0.4, -0.2) is 50.3 Å². The minimum Gasteiger partial charge on any atom is -0.493 e. The molecule has 0 saturated heterocycles. The maximum atomic E-state index is 14.8. The Morgan fingerprint density at radius 2 is 1.00 bits per heavy atom. The Morgan fingerprint density at radius 1 is 0.532 bits per heavy atom. The van der Waals surface area contributed by atoms with E-state index in [4.69, 9.17) is 28.4 Å². The van der Waals surface area contributed by atoms with Gasteiger partial charge in [0.2, 0.25) is 0 Å². The van der Waals surface area contributed by atoms with Crippen LogP contribution in [0.1, 0.15) is 86.5 Å². The van der Waals surface area contributed by atoms with Crippen molar-refractivity contribution in [1.29, 1.82) is 0 Å². The Balaban J connectivity index is 1.55. The molecule has 0 N–H and O–H groups in total. The van der Waals surface area contributed by atoms with Crippen molar-refractivity contribution in [2.45, 2.75) is 89.4 Å². The maximum absolute atomic E-state index is 14.8. The Kier molecular flexibility index (Phi) is 20.4. The van der Waals surface area contributed by atoms with Crippen LogP contribution in [-0.2, 0) is 53.8 Å². The first-order valence-corrected chi connectivity index (χ1v) is 19.6. The number of ether oxygens (including phenoxy) is 6. The molecule has 0 saturated carbocycles. The summed E-state index contributed by atoms with van der Waals surface area (Å²) in [5.74, 6) is -8.34. The van der Waals surface area contributed by atoms with Crippen LogP contribution in [0.3, 0.4) is 0 Å². The number of esters is 4. The van der Waals surface area contributed by atoms with E-state index in [1.807, 2.05) is 0 Å². The molecule has 0 aliphatic carbocycles. The highest BCUT2D eigenvalue weighted by Gasteiger charge is 2.49. The van der Waals surface area contributed by atoms with E-state index in [9.17, 15) is 54.3 Å². The van der Waals surface area contributed by atoms with Gasteiger partial charge in [-0.2, -0.15) is 26.3 Å². The van der Waals surface area contributed by atoms with Gasteiger partial charge in [-0.15, -0.1) is 0 Å². The summed E-state index contributed by atoms with van der Waals surface area (Å²) in [5, 5.41) is 0. The zero-order chi connectivity index (χ0) is 45.7. The molecule has 0 aromatic heterocycles. The van der Waals surface area contributed by atoms with Crippen molar-refractivity contribution in [3.05, 3.63) is 108 Å². The summed E-state index contributed by atoms with van der Waals surface area (Å²) in [6.45, 7) is 7.49. The molecule has 0 aliphatic heterocycles. The van der Waals surface area contributed by atoms with E-state index >= 15 is 0 Å². The smallest absolute Gasteiger partial charge is 0.420 e. The van der Waals surface area contributed by atoms with Crippen LogP contribution in [0.15, 0.2) is 73.8 Å². The first-order chi connectivity index (χ1) is 29.4. The fourth-order valence-corrected chi connectivity index (χ4v) is 5.72. The lowest BCUT2D eigenvalue weighted by Gasteiger charge is -2.21. The zero-order valence-corrected chi connectivity index (χ0v) is 33.6. The standard InChI is InChI=1S/C44H46F8O10/c1-3-37(53)59-25-11-7-5-9-23-57-31-17-15-30(32(45)28-31)16-22-40(56)62-36-20-19-35(41(43(47,48)49)42(36)44(50,51)52)61-39(55)21-14-29-13-18-34(33(46)27-29)58-24-10-6-8-12-26-60-38(54)4-2/h3-4,13,15,17-20,27-28H,1-2,5-12,14,16,21-26H2. The highest BCUT2D eigenvalue weighted by atomic mass is 19.4. The van der Waals surface area contributed by atoms with Crippen LogP contribution in [0, 0.1) is 11.6 Å². The zero-order valence-electron chi connectivity index (χ0n) is 33.6. The SMILES string of the molecule is C=CC(=O)OCCCCCCOc1ccc(CCC(=O)Oc2ccc(OC(=O)CCc3ccc(OCCCCCCOC(=O)C=C)c(F)c3)c(C(F)(F)F)c2C(F)(F)F)c(F)c1. The number of benzene rings is 3. The average Bonchev–Trinajstić information content (AvgIpc) is 3.21. The summed E-state index contributed by atoms with van der Waals surface area (Å²) in [7, 11) is 0. The number of aryl methyl sites for hydroxylation is 2. The molecule has 3 aromatic rings. The van der Waals surface area contributed by atoms with Crippen molar-refractivity contribution >= 4 is 23.9 Å². The maximum Gasteiger partial charge on any atom is 0.420 e. The number of carbonyl (C=O) groups excluding carboxylic acids is 4. The molecule has 0 radical (unpaired) electrons. The molecule has 0 atom stereocenters. The number of rotatable bonds is 26. The summed E-state index contributed by atoms with van der Waals surface area (Å²) in [6, 6.07) is 8.24. The van der Waals surface area contributed by atoms with Crippen LogP contribution in [0.2, 0.25) is 0 Å². The number of carbonyl (C=O) groups is 4. The summed E-state index contributed by atoms with van der Waals surface area (Å²) in [5.41, 5.74) is -4.67. The first kappa shape index (κ1) is 50.4.